The van der Waals surface area contributed by atoms with E-state index in [0.29, 0.717) is 23.1 Å². The number of aliphatic hydroxyl groups excluding tert-OH is 1. The quantitative estimate of drug-likeness (QED) is 0.841. The Bertz CT molecular complexity index is 361. The summed E-state index contributed by atoms with van der Waals surface area (Å²) in [5.74, 6) is 0.594. The Kier molecular flexibility index (Phi) is 3.23. The number of aromatic nitrogens is 1. The lowest BCUT2D eigenvalue weighted by atomic mass is 10.1. The van der Waals surface area contributed by atoms with Crippen LogP contribution in [0.1, 0.15) is 24.6 Å². The van der Waals surface area contributed by atoms with Crippen LogP contribution in [-0.4, -0.2) is 16.7 Å². The lowest BCUT2D eigenvalue weighted by Crippen LogP contribution is -2.10. The number of allylic oxidation sites excluding steroid dienone is 1. The van der Waals surface area contributed by atoms with Gasteiger partial charge in [-0.3, -0.25) is 4.98 Å². The van der Waals surface area contributed by atoms with Crippen LogP contribution in [0.2, 0.25) is 5.02 Å². The summed E-state index contributed by atoms with van der Waals surface area (Å²) in [6.45, 7) is 0.663. The minimum absolute atomic E-state index is 0.560. The van der Waals surface area contributed by atoms with Crippen molar-refractivity contribution < 1.29 is 9.84 Å². The van der Waals surface area contributed by atoms with Gasteiger partial charge in [0, 0.05) is 6.20 Å². The van der Waals surface area contributed by atoms with Crippen molar-refractivity contribution in [3.63, 3.8) is 0 Å². The smallest absolute Gasteiger partial charge is 0.152 e. The third kappa shape index (κ3) is 2.49. The van der Waals surface area contributed by atoms with Crippen molar-refractivity contribution >= 4 is 11.6 Å². The Balaban J connectivity index is 2.16. The zero-order chi connectivity index (χ0) is 10.7. The fourth-order valence-electron chi connectivity index (χ4n) is 1.46. The van der Waals surface area contributed by atoms with Crippen molar-refractivity contribution in [1.29, 1.82) is 0 Å². The van der Waals surface area contributed by atoms with Gasteiger partial charge in [0.25, 0.3) is 0 Å². The van der Waals surface area contributed by atoms with Gasteiger partial charge in [-0.2, -0.15) is 0 Å². The largest absolute Gasteiger partial charge is 0.495 e. The van der Waals surface area contributed by atoms with Crippen LogP contribution >= 0.6 is 11.6 Å². The van der Waals surface area contributed by atoms with Crippen molar-refractivity contribution in [2.24, 2.45) is 0 Å². The molecule has 0 amide bonds. The Morgan fingerprint density at radius 3 is 2.93 bits per heavy atom. The molecule has 0 aliphatic carbocycles. The van der Waals surface area contributed by atoms with E-state index in [4.69, 9.17) is 16.3 Å². The zero-order valence-corrected chi connectivity index (χ0v) is 8.94. The molecule has 1 aliphatic rings. The van der Waals surface area contributed by atoms with E-state index in [9.17, 15) is 5.11 Å². The van der Waals surface area contributed by atoms with Gasteiger partial charge in [-0.25, -0.2) is 0 Å². The highest BCUT2D eigenvalue weighted by molar-refractivity contribution is 6.30. The molecule has 0 fully saturated rings. The molecule has 1 unspecified atom stereocenters. The standard InChI is InChI=1S/C11H12ClNO2/c12-8-4-5-9(13-7-8)11(14)10-3-1-2-6-15-10/h3-5,7,11,14H,1-2,6H2. The van der Waals surface area contributed by atoms with Crippen LogP contribution in [0, 0.1) is 0 Å². The number of nitrogens with zero attached hydrogens (tertiary/aromatic N) is 1. The fourth-order valence-corrected chi connectivity index (χ4v) is 1.57. The molecule has 0 saturated carbocycles. The second-order valence-corrected chi connectivity index (χ2v) is 3.84. The SMILES string of the molecule is OC(C1=CCCCO1)c1ccc(Cl)cn1. The Morgan fingerprint density at radius 1 is 1.47 bits per heavy atom. The summed E-state index contributed by atoms with van der Waals surface area (Å²) in [4.78, 5) is 4.05. The lowest BCUT2D eigenvalue weighted by Gasteiger charge is -2.19. The average molecular weight is 226 g/mol. The van der Waals surface area contributed by atoms with Crippen LogP contribution in [0.5, 0.6) is 0 Å². The van der Waals surface area contributed by atoms with Gasteiger partial charge >= 0.3 is 0 Å². The summed E-state index contributed by atoms with van der Waals surface area (Å²) in [7, 11) is 0. The van der Waals surface area contributed by atoms with Crippen LogP contribution in [0.3, 0.4) is 0 Å². The van der Waals surface area contributed by atoms with E-state index < -0.39 is 6.10 Å². The molecule has 1 aromatic heterocycles. The van der Waals surface area contributed by atoms with Gasteiger partial charge in [0.05, 0.1) is 17.3 Å². The van der Waals surface area contributed by atoms with Crippen LogP contribution in [-0.2, 0) is 4.74 Å². The van der Waals surface area contributed by atoms with E-state index in [1.807, 2.05) is 6.08 Å². The summed E-state index contributed by atoms with van der Waals surface area (Å²) in [5.41, 5.74) is 0.563. The molecule has 0 saturated heterocycles. The van der Waals surface area contributed by atoms with Gasteiger partial charge in [0.15, 0.2) is 6.10 Å². The normalized spacial score (nSPS) is 17.9. The highest BCUT2D eigenvalue weighted by atomic mass is 35.5. The molecule has 4 heteroatoms. The fraction of sp³-hybridized carbons (Fsp3) is 0.364. The highest BCUT2D eigenvalue weighted by Crippen LogP contribution is 2.24. The molecule has 1 N–H and O–H groups in total. The number of ether oxygens (including phenoxy) is 1. The van der Waals surface area contributed by atoms with Gasteiger partial charge in [0.2, 0.25) is 0 Å². The summed E-state index contributed by atoms with van der Waals surface area (Å²) in [5, 5.41) is 10.5. The van der Waals surface area contributed by atoms with E-state index in [2.05, 4.69) is 4.98 Å². The maximum absolute atomic E-state index is 9.94. The van der Waals surface area contributed by atoms with Crippen molar-refractivity contribution in [2.75, 3.05) is 6.61 Å². The molecule has 0 aromatic carbocycles. The Morgan fingerprint density at radius 2 is 2.33 bits per heavy atom. The molecule has 0 radical (unpaired) electrons. The number of rotatable bonds is 2. The van der Waals surface area contributed by atoms with E-state index in [-0.39, 0.29) is 0 Å². The summed E-state index contributed by atoms with van der Waals surface area (Å²) < 4.78 is 5.36. The summed E-state index contributed by atoms with van der Waals surface area (Å²) in [6.07, 6.45) is 4.60. The molecular formula is C11H12ClNO2. The van der Waals surface area contributed by atoms with Gasteiger partial charge in [-0.1, -0.05) is 11.6 Å². The molecule has 1 atom stereocenters. The molecule has 0 bridgehead atoms. The van der Waals surface area contributed by atoms with Crippen LogP contribution in [0.25, 0.3) is 0 Å². The third-order valence-corrected chi connectivity index (χ3v) is 2.49. The molecule has 2 rings (SSSR count). The van der Waals surface area contributed by atoms with Crippen molar-refractivity contribution in [2.45, 2.75) is 18.9 Å². The maximum atomic E-state index is 9.94. The van der Waals surface area contributed by atoms with Crippen molar-refractivity contribution in [3.05, 3.63) is 40.9 Å². The molecule has 3 nitrogen and oxygen atoms in total. The molecule has 0 spiro atoms. The lowest BCUT2D eigenvalue weighted by molar-refractivity contribution is 0.0894. The molecular weight excluding hydrogens is 214 g/mol. The second-order valence-electron chi connectivity index (χ2n) is 3.40. The van der Waals surface area contributed by atoms with Gasteiger partial charge in [-0.15, -0.1) is 0 Å². The van der Waals surface area contributed by atoms with Gasteiger partial charge in [0.1, 0.15) is 5.76 Å². The molecule has 1 aliphatic heterocycles. The number of halogens is 1. The third-order valence-electron chi connectivity index (χ3n) is 2.26. The number of pyridine rings is 1. The Hall–Kier alpha value is -1.06. The molecule has 1 aromatic rings. The van der Waals surface area contributed by atoms with Crippen molar-refractivity contribution in [1.82, 2.24) is 4.98 Å². The molecule has 80 valence electrons. The first-order valence-electron chi connectivity index (χ1n) is 4.90. The summed E-state index contributed by atoms with van der Waals surface area (Å²) >= 11 is 5.71. The number of hydrogen-bond acceptors (Lipinski definition) is 3. The second kappa shape index (κ2) is 4.64. The van der Waals surface area contributed by atoms with Crippen LogP contribution in [0.4, 0.5) is 0 Å². The first-order chi connectivity index (χ1) is 7.27. The average Bonchev–Trinajstić information content (AvgIpc) is 2.30. The van der Waals surface area contributed by atoms with Gasteiger partial charge < -0.3 is 9.84 Å². The van der Waals surface area contributed by atoms with E-state index in [1.54, 1.807) is 12.1 Å². The van der Waals surface area contributed by atoms with Gasteiger partial charge in [-0.05, 0) is 31.1 Å². The minimum Gasteiger partial charge on any atom is -0.495 e. The predicted octanol–water partition coefficient (Wildman–Crippen LogP) is 2.46. The maximum Gasteiger partial charge on any atom is 0.152 e. The first-order valence-corrected chi connectivity index (χ1v) is 5.27. The van der Waals surface area contributed by atoms with Crippen LogP contribution in [0.15, 0.2) is 30.2 Å². The van der Waals surface area contributed by atoms with E-state index in [0.717, 1.165) is 12.8 Å². The predicted molar refractivity (Wildman–Crippen MR) is 57.5 cm³/mol. The van der Waals surface area contributed by atoms with E-state index in [1.165, 1.54) is 6.20 Å². The zero-order valence-electron chi connectivity index (χ0n) is 8.19. The number of hydrogen-bond donors (Lipinski definition) is 1. The summed E-state index contributed by atoms with van der Waals surface area (Å²) in [6, 6.07) is 3.41. The first kappa shape index (κ1) is 10.5. The molecule has 2 heterocycles. The van der Waals surface area contributed by atoms with E-state index >= 15 is 0 Å². The number of aliphatic hydroxyl groups is 1. The topological polar surface area (TPSA) is 42.4 Å². The van der Waals surface area contributed by atoms with Crippen molar-refractivity contribution in [3.8, 4) is 0 Å². The highest BCUT2D eigenvalue weighted by Gasteiger charge is 2.17. The Labute approximate surface area is 93.4 Å². The molecule has 15 heavy (non-hydrogen) atoms. The minimum atomic E-state index is -0.775. The van der Waals surface area contributed by atoms with Crippen LogP contribution < -0.4 is 0 Å². The monoisotopic (exact) mass is 225 g/mol.